The lowest BCUT2D eigenvalue weighted by molar-refractivity contribution is -0.113. The molecule has 5 rings (SSSR count). The van der Waals surface area contributed by atoms with E-state index in [1.165, 1.54) is 23.1 Å². The van der Waals surface area contributed by atoms with Crippen LogP contribution in [0.2, 0.25) is 0 Å². The van der Waals surface area contributed by atoms with Crippen LogP contribution in [0.3, 0.4) is 0 Å². The molecule has 140 valence electrons. The Hall–Kier alpha value is -2.10. The van der Waals surface area contributed by atoms with Crippen LogP contribution < -0.4 is 10.9 Å². The zero-order valence-corrected chi connectivity index (χ0v) is 16.1. The molecule has 0 bridgehead atoms. The van der Waals surface area contributed by atoms with E-state index in [4.69, 9.17) is 4.42 Å². The number of carbonyl (C=O) groups excluding carboxylic acids is 1. The number of thioether (sulfide) groups is 1. The number of hydrogen-bond acceptors (Lipinski definition) is 7. The summed E-state index contributed by atoms with van der Waals surface area (Å²) >= 11 is 2.88. The Labute approximate surface area is 163 Å². The van der Waals surface area contributed by atoms with Gasteiger partial charge in [0.2, 0.25) is 5.91 Å². The Morgan fingerprint density at radius 3 is 2.93 bits per heavy atom. The van der Waals surface area contributed by atoms with Gasteiger partial charge in [0.25, 0.3) is 5.56 Å². The molecule has 1 amide bonds. The van der Waals surface area contributed by atoms with E-state index in [-0.39, 0.29) is 17.5 Å². The summed E-state index contributed by atoms with van der Waals surface area (Å²) in [7, 11) is 0. The smallest absolute Gasteiger partial charge is 0.271 e. The fourth-order valence-electron chi connectivity index (χ4n) is 3.74. The molecule has 1 N–H and O–H groups in total. The molecule has 1 saturated heterocycles. The van der Waals surface area contributed by atoms with Crippen LogP contribution in [0.4, 0.5) is 5.69 Å². The quantitative estimate of drug-likeness (QED) is 0.723. The van der Waals surface area contributed by atoms with Crippen LogP contribution in [0.5, 0.6) is 0 Å². The largest absolute Gasteiger partial charge is 0.468 e. The first-order valence-corrected chi connectivity index (χ1v) is 10.7. The number of nitrogens with one attached hydrogen (secondary N) is 1. The highest BCUT2D eigenvalue weighted by molar-refractivity contribution is 8.02. The van der Waals surface area contributed by atoms with Crippen LogP contribution in [-0.2, 0) is 11.3 Å². The van der Waals surface area contributed by atoms with E-state index in [0.29, 0.717) is 28.2 Å². The number of likely N-dealkylation sites (tertiary alicyclic amines) is 1. The number of carbonyl (C=O) groups is 1. The monoisotopic (exact) mass is 402 g/mol. The van der Waals surface area contributed by atoms with Gasteiger partial charge < -0.3 is 9.73 Å². The lowest BCUT2D eigenvalue weighted by atomic mass is 10.2. The highest BCUT2D eigenvalue weighted by atomic mass is 32.2. The highest BCUT2D eigenvalue weighted by Crippen LogP contribution is 2.42. The van der Waals surface area contributed by atoms with Crippen molar-refractivity contribution in [1.82, 2.24) is 14.5 Å². The second-order valence-corrected chi connectivity index (χ2v) is 9.02. The minimum absolute atomic E-state index is 0.0168. The van der Waals surface area contributed by atoms with Gasteiger partial charge in [0.05, 0.1) is 34.3 Å². The van der Waals surface area contributed by atoms with Crippen LogP contribution in [0.25, 0.3) is 10.2 Å². The van der Waals surface area contributed by atoms with E-state index in [1.54, 1.807) is 17.2 Å². The second-order valence-electron chi connectivity index (χ2n) is 6.76. The van der Waals surface area contributed by atoms with E-state index < -0.39 is 0 Å². The van der Waals surface area contributed by atoms with Gasteiger partial charge in [-0.1, -0.05) is 0 Å². The van der Waals surface area contributed by atoms with Crippen molar-refractivity contribution in [1.29, 1.82) is 0 Å². The Bertz CT molecular complexity index is 1050. The minimum atomic E-state index is -0.0648. The van der Waals surface area contributed by atoms with Gasteiger partial charge in [-0.25, -0.2) is 4.98 Å². The summed E-state index contributed by atoms with van der Waals surface area (Å²) < 4.78 is 8.88. The molecule has 7 nitrogen and oxygen atoms in total. The Balaban J connectivity index is 1.53. The molecular formula is C18H18N4O3S2. The van der Waals surface area contributed by atoms with Gasteiger partial charge in [-0.3, -0.25) is 19.1 Å². The van der Waals surface area contributed by atoms with E-state index >= 15 is 0 Å². The van der Waals surface area contributed by atoms with E-state index in [9.17, 15) is 9.59 Å². The summed E-state index contributed by atoms with van der Waals surface area (Å²) in [5.41, 5.74) is 1.21. The van der Waals surface area contributed by atoms with Crippen molar-refractivity contribution in [3.8, 4) is 0 Å². The van der Waals surface area contributed by atoms with E-state index in [1.807, 2.05) is 12.1 Å². The molecule has 27 heavy (non-hydrogen) atoms. The fraction of sp³-hybridized carbons (Fsp3) is 0.389. The van der Waals surface area contributed by atoms with Crippen LogP contribution >= 0.6 is 23.1 Å². The molecule has 2 aliphatic heterocycles. The van der Waals surface area contributed by atoms with Crippen molar-refractivity contribution in [2.24, 2.45) is 0 Å². The van der Waals surface area contributed by atoms with Gasteiger partial charge >= 0.3 is 0 Å². The third kappa shape index (κ3) is 2.99. The highest BCUT2D eigenvalue weighted by Gasteiger charge is 2.28. The van der Waals surface area contributed by atoms with Crippen LogP contribution in [-0.4, -0.2) is 39.2 Å². The molecule has 0 saturated carbocycles. The van der Waals surface area contributed by atoms with Crippen LogP contribution in [0, 0.1) is 0 Å². The number of fused-ring (bicyclic) bond motifs is 3. The summed E-state index contributed by atoms with van der Waals surface area (Å²) in [6.45, 7) is 2.51. The second kappa shape index (κ2) is 6.81. The maximum atomic E-state index is 13.1. The van der Waals surface area contributed by atoms with Crippen LogP contribution in [0.15, 0.2) is 38.1 Å². The molecule has 9 heteroatoms. The molecule has 0 aromatic carbocycles. The SMILES string of the molecule is O=C1CSc2sc3c(=O)n(C[C@H](c4ccco4)N4CCCC4)cnc3c2N1. The number of amides is 1. The maximum absolute atomic E-state index is 13.1. The molecular weight excluding hydrogens is 384 g/mol. The van der Waals surface area contributed by atoms with E-state index in [2.05, 4.69) is 15.2 Å². The average Bonchev–Trinajstić information content (AvgIpc) is 3.42. The van der Waals surface area contributed by atoms with Gasteiger partial charge in [0.15, 0.2) is 0 Å². The number of hydrogen-bond donors (Lipinski definition) is 1. The van der Waals surface area contributed by atoms with Gasteiger partial charge in [0.1, 0.15) is 16.0 Å². The molecule has 2 aliphatic rings. The molecule has 3 aromatic heterocycles. The maximum Gasteiger partial charge on any atom is 0.271 e. The normalized spacial score (nSPS) is 18.6. The molecule has 0 unspecified atom stereocenters. The molecule has 0 spiro atoms. The lowest BCUT2D eigenvalue weighted by Gasteiger charge is -2.26. The van der Waals surface area contributed by atoms with Crippen molar-refractivity contribution in [2.45, 2.75) is 29.6 Å². The summed E-state index contributed by atoms with van der Waals surface area (Å²) in [5.74, 6) is 1.20. The topological polar surface area (TPSA) is 80.4 Å². The number of thiophene rings is 1. The van der Waals surface area contributed by atoms with E-state index in [0.717, 1.165) is 35.9 Å². The summed E-state index contributed by atoms with van der Waals surface area (Å²) in [6.07, 6.45) is 5.60. The minimum Gasteiger partial charge on any atom is -0.468 e. The zero-order valence-electron chi connectivity index (χ0n) is 14.5. The van der Waals surface area contributed by atoms with Gasteiger partial charge in [-0.05, 0) is 38.1 Å². The third-order valence-electron chi connectivity index (χ3n) is 5.05. The molecule has 0 radical (unpaired) electrons. The first-order chi connectivity index (χ1) is 13.2. The molecule has 5 heterocycles. The predicted octanol–water partition coefficient (Wildman–Crippen LogP) is 2.93. The summed E-state index contributed by atoms with van der Waals surface area (Å²) in [6, 6.07) is 3.87. The van der Waals surface area contributed by atoms with Crippen molar-refractivity contribution in [3.63, 3.8) is 0 Å². The van der Waals surface area contributed by atoms with Gasteiger partial charge in [-0.2, -0.15) is 0 Å². The number of nitrogens with zero attached hydrogens (tertiary/aromatic N) is 3. The number of aromatic nitrogens is 2. The van der Waals surface area contributed by atoms with Gasteiger partial charge in [-0.15, -0.1) is 23.1 Å². The molecule has 1 atom stereocenters. The Kier molecular flexibility index (Phi) is 4.30. The number of rotatable bonds is 4. The van der Waals surface area contributed by atoms with Gasteiger partial charge in [0, 0.05) is 6.54 Å². The fourth-order valence-corrected chi connectivity index (χ4v) is 5.92. The zero-order chi connectivity index (χ0) is 18.4. The third-order valence-corrected chi connectivity index (χ3v) is 7.49. The first-order valence-electron chi connectivity index (χ1n) is 8.93. The standard InChI is InChI=1S/C18H18N4O3S2/c23-13-9-26-18-15(20-13)14-16(27-18)17(24)22(10-19-14)8-11(12-4-3-7-25-12)21-5-1-2-6-21/h3-4,7,10-11H,1-2,5-6,8-9H2,(H,20,23)/t11-/m1/s1. The average molecular weight is 403 g/mol. The molecule has 0 aliphatic carbocycles. The number of anilines is 1. The molecule has 3 aromatic rings. The first kappa shape index (κ1) is 17.0. The van der Waals surface area contributed by atoms with Crippen molar-refractivity contribution in [3.05, 3.63) is 40.8 Å². The summed E-state index contributed by atoms with van der Waals surface area (Å²) in [4.78, 5) is 31.7. The van der Waals surface area contributed by atoms with Crippen molar-refractivity contribution >= 4 is 44.9 Å². The van der Waals surface area contributed by atoms with Crippen molar-refractivity contribution in [2.75, 3.05) is 24.2 Å². The summed E-state index contributed by atoms with van der Waals surface area (Å²) in [5, 5.41) is 2.85. The van der Waals surface area contributed by atoms with Crippen LogP contribution in [0.1, 0.15) is 24.6 Å². The predicted molar refractivity (Wildman–Crippen MR) is 105 cm³/mol. The Morgan fingerprint density at radius 1 is 1.30 bits per heavy atom. The Morgan fingerprint density at radius 2 is 2.15 bits per heavy atom. The van der Waals surface area contributed by atoms with Crippen molar-refractivity contribution < 1.29 is 9.21 Å². The lowest BCUT2D eigenvalue weighted by Crippen LogP contribution is -2.32. The molecule has 1 fully saturated rings. The number of furan rings is 1.